The van der Waals surface area contributed by atoms with Crippen molar-refractivity contribution < 1.29 is 85.1 Å². The topological polar surface area (TPSA) is 230 Å². The summed E-state index contributed by atoms with van der Waals surface area (Å²) in [6.07, 6.45) is 5.06. The van der Waals surface area contributed by atoms with E-state index in [2.05, 4.69) is 10.3 Å². The predicted molar refractivity (Wildman–Crippen MR) is 258 cm³/mol. The molecule has 7 atom stereocenters. The molecule has 8 rings (SSSR count). The van der Waals surface area contributed by atoms with E-state index < -0.39 is 71.9 Å². The van der Waals surface area contributed by atoms with Crippen molar-refractivity contribution in [2.24, 2.45) is 5.92 Å². The number of carbonyl (C=O) groups is 4. The molecule has 1 saturated heterocycles. The summed E-state index contributed by atoms with van der Waals surface area (Å²) in [7, 11) is 0. The largest absolute Gasteiger partial charge is 0.737 e. The molecule has 1 aromatic carbocycles. The summed E-state index contributed by atoms with van der Waals surface area (Å²) < 4.78 is 85.4. The zero-order valence-corrected chi connectivity index (χ0v) is 42.2. The van der Waals surface area contributed by atoms with Crippen LogP contribution >= 0.6 is 0 Å². The van der Waals surface area contributed by atoms with Gasteiger partial charge in [-0.05, 0) is 88.2 Å². The van der Waals surface area contributed by atoms with Crippen LogP contribution in [-0.2, 0) is 70.2 Å². The van der Waals surface area contributed by atoms with Gasteiger partial charge < -0.3 is 70.4 Å². The summed E-state index contributed by atoms with van der Waals surface area (Å²) in [6.45, 7) is 7.40. The van der Waals surface area contributed by atoms with E-state index in [1.165, 1.54) is 19.3 Å². The smallest absolute Gasteiger partial charge is 0.487 e. The lowest BCUT2D eigenvalue weighted by Gasteiger charge is -2.41. The van der Waals surface area contributed by atoms with Crippen molar-refractivity contribution in [3.05, 3.63) is 106 Å². The summed E-state index contributed by atoms with van der Waals surface area (Å²) in [4.78, 5) is 51.8. The Labute approximate surface area is 426 Å². The summed E-state index contributed by atoms with van der Waals surface area (Å²) >= 11 is 0. The molecule has 0 amide bonds. The fourth-order valence-corrected chi connectivity index (χ4v) is 10.2. The van der Waals surface area contributed by atoms with Crippen molar-refractivity contribution >= 4 is 42.6 Å². The maximum atomic E-state index is 15.1. The molecule has 0 bridgehead atoms. The number of aromatic nitrogens is 4. The van der Waals surface area contributed by atoms with Crippen LogP contribution in [0, 0.1) is 5.92 Å². The highest BCUT2D eigenvalue weighted by Crippen LogP contribution is 2.57. The fraction of sp³-hybridized carbons (Fsp3) is 0.510. The molecule has 1 saturated carbocycles. The molecule has 3 aliphatic heterocycles. The Morgan fingerprint density at radius 3 is 2.31 bits per heavy atom. The zero-order chi connectivity index (χ0) is 53.0. The molecule has 23 heteroatoms. The summed E-state index contributed by atoms with van der Waals surface area (Å²) in [5.41, 5.74) is -2.41. The first-order valence-electron chi connectivity index (χ1n) is 24.6. The van der Waals surface area contributed by atoms with Gasteiger partial charge in [0.25, 0.3) is 0 Å². The number of carbonyl (C=O) groups excluding carboxylic acids is 4. The normalized spacial score (nSPS) is 26.7. The van der Waals surface area contributed by atoms with Crippen LogP contribution in [0.3, 0.4) is 0 Å². The van der Waals surface area contributed by atoms with Gasteiger partial charge in [-0.2, -0.15) is 0 Å². The highest BCUT2D eigenvalue weighted by molar-refractivity contribution is 6.57. The van der Waals surface area contributed by atoms with Crippen molar-refractivity contribution in [2.75, 3.05) is 52.9 Å². The highest BCUT2D eigenvalue weighted by Gasteiger charge is 2.74. The number of nitrogens with zero attached hydrogens (tertiary/aromatic N) is 5. The number of allylic oxidation sites excluding steroid dienone is 3. The van der Waals surface area contributed by atoms with Crippen molar-refractivity contribution in [1.82, 2.24) is 19.5 Å². The number of halogens is 2. The summed E-state index contributed by atoms with van der Waals surface area (Å²) in [5, 5.41) is 32.2. The quantitative estimate of drug-likeness (QED) is 0.0341. The Balaban J connectivity index is 0.700. The second-order valence-electron chi connectivity index (χ2n) is 19.1. The minimum atomic E-state index is -3.97. The Hall–Kier alpha value is -6.37. The molecule has 2 N–H and O–H groups in total. The first-order chi connectivity index (χ1) is 35.3. The fourth-order valence-electron chi connectivity index (χ4n) is 10.2. The lowest BCUT2D eigenvalue weighted by Crippen LogP contribution is -2.64. The Morgan fingerprint density at radius 2 is 1.64 bits per heavy atom. The van der Waals surface area contributed by atoms with E-state index in [9.17, 15) is 29.4 Å². The number of benzene rings is 1. The molecular formula is C51H62BF2N5O15. The number of esters is 4. The third-order valence-electron chi connectivity index (χ3n) is 14.2. The molecule has 5 heterocycles. The van der Waals surface area contributed by atoms with Crippen LogP contribution in [0.15, 0.2) is 89.4 Å². The van der Waals surface area contributed by atoms with Crippen LogP contribution in [0.2, 0.25) is 0 Å². The summed E-state index contributed by atoms with van der Waals surface area (Å²) in [6, 6.07) is 10.6. The van der Waals surface area contributed by atoms with E-state index in [4.69, 9.17) is 42.6 Å². The van der Waals surface area contributed by atoms with E-state index in [1.807, 2.05) is 12.1 Å². The average Bonchev–Trinajstić information content (AvgIpc) is 4.22. The number of hydrogen-bond acceptors (Lipinski definition) is 17. The van der Waals surface area contributed by atoms with Crippen LogP contribution in [0.25, 0.3) is 5.57 Å². The molecule has 74 heavy (non-hydrogen) atoms. The third-order valence-corrected chi connectivity index (χ3v) is 14.2. The number of aliphatic hydroxyl groups is 2. The van der Waals surface area contributed by atoms with Gasteiger partial charge in [0.2, 0.25) is 0 Å². The molecule has 0 spiro atoms. The van der Waals surface area contributed by atoms with Gasteiger partial charge in [-0.3, -0.25) is 9.59 Å². The van der Waals surface area contributed by atoms with E-state index in [0.29, 0.717) is 78.1 Å². The number of ether oxygens (including phenoxy) is 9. The van der Waals surface area contributed by atoms with Gasteiger partial charge in [0.1, 0.15) is 42.1 Å². The van der Waals surface area contributed by atoms with Crippen molar-refractivity contribution in [1.29, 1.82) is 0 Å². The van der Waals surface area contributed by atoms with Gasteiger partial charge in [-0.25, -0.2) is 14.3 Å². The van der Waals surface area contributed by atoms with Crippen LogP contribution in [-0.4, -0.2) is 159 Å². The predicted octanol–water partition coefficient (Wildman–Crippen LogP) is 4.02. The van der Waals surface area contributed by atoms with Crippen LogP contribution < -0.4 is 4.74 Å². The zero-order valence-electron chi connectivity index (χ0n) is 42.2. The van der Waals surface area contributed by atoms with Gasteiger partial charge in [0.05, 0.1) is 77.6 Å². The number of fused-ring (bicyclic) bond motifs is 5. The Bertz CT molecular complexity index is 2770. The monoisotopic (exact) mass is 1030 g/mol. The standard InChI is InChI=1S/C51H62BF2N5O15/c1-7-32(2)47(62)71-41-28-38-44(33(41)3)46-51(65,50(6,64)48(63)73-46)42(29-49(38,5)74-34(4)60)72-43(61)16-20-66-22-24-68-26-27-69-25-23-67-21-19-57-30-36(55-56-57)31-70-37-14-12-35(13-15-37)45-39-10-8-17-58(39)52(53,54)59-18-9-11-40(45)59/h7-15,17-18,30,38,41-42,46,64-65H,16,19-29,31H2,1-6H3/b32-7-/t38-,41+,42-,46-,49-,50+,51+/m0/s1. The second kappa shape index (κ2) is 22.2. The van der Waals surface area contributed by atoms with Gasteiger partial charge in [-0.15, -0.1) is 5.10 Å². The molecule has 2 fully saturated rings. The van der Waals surface area contributed by atoms with Gasteiger partial charge in [0, 0.05) is 42.7 Å². The first-order valence-corrected chi connectivity index (χ1v) is 24.6. The molecule has 3 aromatic rings. The lowest BCUT2D eigenvalue weighted by atomic mass is 9.75. The van der Waals surface area contributed by atoms with Gasteiger partial charge >= 0.3 is 30.8 Å². The number of hydrogen-bond donors (Lipinski definition) is 2. The minimum absolute atomic E-state index is 0.0784. The lowest BCUT2D eigenvalue weighted by molar-refractivity contribution is -0.356. The summed E-state index contributed by atoms with van der Waals surface area (Å²) in [5.74, 6) is -3.36. The maximum Gasteiger partial charge on any atom is 0.737 e. The van der Waals surface area contributed by atoms with E-state index in [0.717, 1.165) is 21.5 Å². The Morgan fingerprint density at radius 1 is 0.959 bits per heavy atom. The van der Waals surface area contributed by atoms with Crippen molar-refractivity contribution in [2.45, 2.75) is 109 Å². The maximum absolute atomic E-state index is 15.1. The van der Waals surface area contributed by atoms with E-state index >= 15 is 8.63 Å². The van der Waals surface area contributed by atoms with Crippen LogP contribution in [0.1, 0.15) is 77.8 Å². The van der Waals surface area contributed by atoms with E-state index in [-0.39, 0.29) is 52.3 Å². The molecule has 398 valence electrons. The first kappa shape index (κ1) is 53.9. The van der Waals surface area contributed by atoms with Crippen LogP contribution in [0.4, 0.5) is 8.63 Å². The molecule has 2 aromatic heterocycles. The number of rotatable bonds is 23. The molecule has 0 unspecified atom stereocenters. The van der Waals surface area contributed by atoms with Crippen molar-refractivity contribution in [3.8, 4) is 5.75 Å². The molecule has 0 radical (unpaired) electrons. The molecule has 20 nitrogen and oxygen atoms in total. The minimum Gasteiger partial charge on any atom is -0.487 e. The molecule has 2 aliphatic carbocycles. The average molecular weight is 1030 g/mol. The van der Waals surface area contributed by atoms with E-state index in [1.54, 1.807) is 81.1 Å². The SMILES string of the molecule is C/C=C(/C)C(=O)O[C@@H]1C[C@H]2C(=C1C)[C@@H]1OC(=O)[C@@](C)(O)[C@@]1(O)[C@@H](OC(=O)CCOCCOCCOCCOCCn1cc(COc3ccc(C4=C5C=CC=[N+]5[B-](F)(F)n5cccc54)cc3)nn1)C[C@]2(C)OC(C)=O. The highest BCUT2D eigenvalue weighted by atomic mass is 19.2. The van der Waals surface area contributed by atoms with Crippen LogP contribution in [0.5, 0.6) is 5.75 Å². The molecular weight excluding hydrogens is 971 g/mol. The Kier molecular flexibility index (Phi) is 16.2. The van der Waals surface area contributed by atoms with Gasteiger partial charge in [-0.1, -0.05) is 23.4 Å². The third kappa shape index (κ3) is 10.8. The van der Waals surface area contributed by atoms with Gasteiger partial charge in [0.15, 0.2) is 23.0 Å². The molecule has 5 aliphatic rings. The second-order valence-corrected chi connectivity index (χ2v) is 19.1. The van der Waals surface area contributed by atoms with Crippen molar-refractivity contribution in [3.63, 3.8) is 0 Å².